The fourth-order valence-corrected chi connectivity index (χ4v) is 1.47. The summed E-state index contributed by atoms with van der Waals surface area (Å²) >= 11 is 0. The van der Waals surface area contributed by atoms with Crippen LogP contribution in [0.25, 0.3) is 0 Å². The molecule has 7 heteroatoms. The zero-order chi connectivity index (χ0) is 11.5. The maximum atomic E-state index is 11.1. The minimum absolute atomic E-state index is 0.00884. The topological polar surface area (TPSA) is 85.0 Å². The van der Waals surface area contributed by atoms with Crippen molar-refractivity contribution in [1.82, 2.24) is 5.16 Å². The molecule has 1 fully saturated rings. The van der Waals surface area contributed by atoms with Crippen LogP contribution in [0, 0.1) is 0 Å². The number of hydroxylamine groups is 1. The summed E-state index contributed by atoms with van der Waals surface area (Å²) in [6.07, 6.45) is 1.13. The molecule has 0 amide bonds. The van der Waals surface area contributed by atoms with Crippen molar-refractivity contribution in [3.05, 3.63) is 11.8 Å². The molecule has 1 aromatic rings. The fraction of sp³-hybridized carbons (Fsp3) is 0.556. The number of ether oxygens (including phenoxy) is 2. The molecule has 1 aliphatic rings. The molecule has 0 radical (unpaired) electrons. The van der Waals surface area contributed by atoms with E-state index in [4.69, 9.17) is 9.26 Å². The molecule has 0 aliphatic carbocycles. The third-order valence-electron chi connectivity index (χ3n) is 2.30. The number of rotatable bonds is 3. The van der Waals surface area contributed by atoms with Gasteiger partial charge in [0.2, 0.25) is 0 Å². The molecule has 7 nitrogen and oxygen atoms in total. The van der Waals surface area contributed by atoms with Gasteiger partial charge in [0.25, 0.3) is 5.88 Å². The van der Waals surface area contributed by atoms with Gasteiger partial charge in [-0.25, -0.2) is 4.79 Å². The Bertz CT molecular complexity index is 372. The summed E-state index contributed by atoms with van der Waals surface area (Å²) < 4.78 is 14.5. The lowest BCUT2D eigenvalue weighted by atomic mass is 10.3. The van der Waals surface area contributed by atoms with Crippen molar-refractivity contribution >= 4 is 11.9 Å². The van der Waals surface area contributed by atoms with E-state index in [0.29, 0.717) is 13.0 Å². The van der Waals surface area contributed by atoms with E-state index in [2.05, 4.69) is 9.89 Å². The van der Waals surface area contributed by atoms with Crippen molar-refractivity contribution in [2.45, 2.75) is 19.1 Å². The van der Waals surface area contributed by atoms with Gasteiger partial charge < -0.3 is 14.0 Å². The summed E-state index contributed by atoms with van der Waals surface area (Å²) in [5.41, 5.74) is 0.00884. The Balaban J connectivity index is 2.08. The van der Waals surface area contributed by atoms with E-state index in [-0.39, 0.29) is 11.6 Å². The molecule has 1 unspecified atom stereocenters. The van der Waals surface area contributed by atoms with Gasteiger partial charge in [-0.2, -0.15) is 5.06 Å². The highest BCUT2D eigenvalue weighted by atomic mass is 16.6. The minimum Gasteiger partial charge on any atom is -0.464 e. The number of nitrogens with zero attached hydrogens (tertiary/aromatic N) is 2. The number of esters is 1. The molecule has 0 bridgehead atoms. The molecule has 0 aromatic carbocycles. The molecular formula is C9H12N2O5. The quantitative estimate of drug-likeness (QED) is 0.604. The zero-order valence-corrected chi connectivity index (χ0v) is 8.75. The number of hydrogen-bond donors (Lipinski definition) is 1. The van der Waals surface area contributed by atoms with Gasteiger partial charge in [-0.05, 0) is 12.8 Å². The summed E-state index contributed by atoms with van der Waals surface area (Å²) in [7, 11) is 1.24. The SMILES string of the molecule is COC(=O)c1cc(N(O)C2CCCO2)on1. The van der Waals surface area contributed by atoms with Crippen LogP contribution in [0.1, 0.15) is 23.3 Å². The molecule has 16 heavy (non-hydrogen) atoms. The first kappa shape index (κ1) is 10.9. The lowest BCUT2D eigenvalue weighted by molar-refractivity contribution is 0.0289. The van der Waals surface area contributed by atoms with Crippen LogP contribution in [0.5, 0.6) is 0 Å². The predicted octanol–water partition coefficient (Wildman–Crippen LogP) is 0.793. The number of carbonyl (C=O) groups is 1. The predicted molar refractivity (Wildman–Crippen MR) is 51.1 cm³/mol. The Morgan fingerprint density at radius 2 is 2.56 bits per heavy atom. The van der Waals surface area contributed by atoms with Crippen molar-refractivity contribution in [3.8, 4) is 0 Å². The molecule has 88 valence electrons. The lowest BCUT2D eigenvalue weighted by Crippen LogP contribution is -2.30. The largest absolute Gasteiger partial charge is 0.464 e. The number of anilines is 1. The molecule has 1 atom stereocenters. The van der Waals surface area contributed by atoms with Crippen LogP contribution in [-0.4, -0.2) is 36.3 Å². The smallest absolute Gasteiger partial charge is 0.360 e. The van der Waals surface area contributed by atoms with E-state index in [0.717, 1.165) is 11.5 Å². The van der Waals surface area contributed by atoms with Crippen molar-refractivity contribution < 1.29 is 24.0 Å². The number of carbonyl (C=O) groups excluding carboxylic acids is 1. The Morgan fingerprint density at radius 1 is 1.75 bits per heavy atom. The highest BCUT2D eigenvalue weighted by Crippen LogP contribution is 2.22. The average molecular weight is 228 g/mol. The van der Waals surface area contributed by atoms with Crippen molar-refractivity contribution in [3.63, 3.8) is 0 Å². The van der Waals surface area contributed by atoms with Crippen LogP contribution in [0.3, 0.4) is 0 Å². The van der Waals surface area contributed by atoms with Crippen molar-refractivity contribution in [1.29, 1.82) is 0 Å². The number of methoxy groups -OCH3 is 1. The molecular weight excluding hydrogens is 216 g/mol. The van der Waals surface area contributed by atoms with Gasteiger partial charge in [-0.15, -0.1) is 0 Å². The molecule has 0 spiro atoms. The molecule has 0 saturated carbocycles. The maximum absolute atomic E-state index is 11.1. The summed E-state index contributed by atoms with van der Waals surface area (Å²) in [6.45, 7) is 0.597. The second-order valence-electron chi connectivity index (χ2n) is 3.35. The Kier molecular flexibility index (Phi) is 3.07. The normalized spacial score (nSPS) is 19.8. The maximum Gasteiger partial charge on any atom is 0.360 e. The van der Waals surface area contributed by atoms with E-state index in [1.807, 2.05) is 0 Å². The van der Waals surface area contributed by atoms with E-state index >= 15 is 0 Å². The minimum atomic E-state index is -0.615. The van der Waals surface area contributed by atoms with E-state index in [1.165, 1.54) is 13.2 Å². The number of hydrogen-bond acceptors (Lipinski definition) is 7. The van der Waals surface area contributed by atoms with Gasteiger partial charge in [-0.3, -0.25) is 5.21 Å². The first-order chi connectivity index (χ1) is 7.72. The van der Waals surface area contributed by atoms with Gasteiger partial charge in [0.1, 0.15) is 0 Å². The van der Waals surface area contributed by atoms with Crippen LogP contribution in [-0.2, 0) is 9.47 Å². The average Bonchev–Trinajstić information content (AvgIpc) is 2.97. The van der Waals surface area contributed by atoms with Crippen LogP contribution in [0.4, 0.5) is 5.88 Å². The highest BCUT2D eigenvalue weighted by molar-refractivity contribution is 5.87. The third-order valence-corrected chi connectivity index (χ3v) is 2.30. The second kappa shape index (κ2) is 4.50. The Labute approximate surface area is 91.5 Å². The molecule has 1 aromatic heterocycles. The van der Waals surface area contributed by atoms with E-state index in [1.54, 1.807) is 0 Å². The molecule has 1 N–H and O–H groups in total. The van der Waals surface area contributed by atoms with Crippen LogP contribution in [0.15, 0.2) is 10.6 Å². The number of aromatic nitrogens is 1. The lowest BCUT2D eigenvalue weighted by Gasteiger charge is -2.18. The van der Waals surface area contributed by atoms with Crippen molar-refractivity contribution in [2.75, 3.05) is 18.8 Å². The molecule has 2 rings (SSSR count). The molecule has 2 heterocycles. The van der Waals surface area contributed by atoms with Crippen LogP contribution in [0.2, 0.25) is 0 Å². The van der Waals surface area contributed by atoms with Crippen LogP contribution < -0.4 is 5.06 Å². The van der Waals surface area contributed by atoms with Crippen molar-refractivity contribution in [2.24, 2.45) is 0 Å². The Hall–Kier alpha value is -1.60. The summed E-state index contributed by atoms with van der Waals surface area (Å²) in [6, 6.07) is 1.30. The summed E-state index contributed by atoms with van der Waals surface area (Å²) in [4.78, 5) is 11.1. The standard InChI is InChI=1S/C9H12N2O5/c1-14-9(12)6-5-8(16-10-6)11(13)7-3-2-4-15-7/h5,7,13H,2-4H2,1H3. The fourth-order valence-electron chi connectivity index (χ4n) is 1.47. The van der Waals surface area contributed by atoms with Crippen LogP contribution >= 0.6 is 0 Å². The summed E-state index contributed by atoms with van der Waals surface area (Å²) in [5, 5.41) is 14.0. The molecule has 1 aliphatic heterocycles. The third kappa shape index (κ3) is 2.00. The second-order valence-corrected chi connectivity index (χ2v) is 3.35. The van der Waals surface area contributed by atoms with Gasteiger partial charge in [0, 0.05) is 12.7 Å². The van der Waals surface area contributed by atoms with E-state index in [9.17, 15) is 10.0 Å². The van der Waals surface area contributed by atoms with Gasteiger partial charge >= 0.3 is 5.97 Å². The first-order valence-corrected chi connectivity index (χ1v) is 4.87. The van der Waals surface area contributed by atoms with E-state index < -0.39 is 12.2 Å². The van der Waals surface area contributed by atoms with Gasteiger partial charge in [0.15, 0.2) is 11.9 Å². The monoisotopic (exact) mass is 228 g/mol. The first-order valence-electron chi connectivity index (χ1n) is 4.87. The molecule has 1 saturated heterocycles. The Morgan fingerprint density at radius 3 is 3.19 bits per heavy atom. The highest BCUT2D eigenvalue weighted by Gasteiger charge is 2.26. The van der Waals surface area contributed by atoms with Gasteiger partial charge in [0.05, 0.1) is 7.11 Å². The summed E-state index contributed by atoms with van der Waals surface area (Å²) in [5.74, 6) is -0.553. The van der Waals surface area contributed by atoms with Gasteiger partial charge in [-0.1, -0.05) is 5.16 Å². The zero-order valence-electron chi connectivity index (χ0n) is 8.75.